The van der Waals surface area contributed by atoms with Crippen LogP contribution in [0, 0.1) is 0 Å². The van der Waals surface area contributed by atoms with Crippen molar-refractivity contribution in [2.75, 3.05) is 5.75 Å². The molecular formula is C14H10N2O3S2. The summed E-state index contributed by atoms with van der Waals surface area (Å²) < 4.78 is 1.15. The Morgan fingerprint density at radius 2 is 2.10 bits per heavy atom. The van der Waals surface area contributed by atoms with Gasteiger partial charge in [-0.3, -0.25) is 9.59 Å². The third kappa shape index (κ3) is 2.98. The fourth-order valence-electron chi connectivity index (χ4n) is 1.80. The predicted octanol–water partition coefficient (Wildman–Crippen LogP) is 2.67. The minimum absolute atomic E-state index is 0.0116. The molecule has 0 saturated heterocycles. The quantitative estimate of drug-likeness (QED) is 0.571. The second-order valence-corrected chi connectivity index (χ2v) is 6.48. The maximum Gasteiger partial charge on any atom is 0.253 e. The maximum absolute atomic E-state index is 12.0. The van der Waals surface area contributed by atoms with E-state index in [1.165, 1.54) is 23.1 Å². The van der Waals surface area contributed by atoms with Crippen LogP contribution in [0.3, 0.4) is 0 Å². The van der Waals surface area contributed by atoms with Gasteiger partial charge in [-0.1, -0.05) is 42.1 Å². The van der Waals surface area contributed by atoms with Crippen molar-refractivity contribution < 1.29 is 9.90 Å². The number of nitrogens with one attached hydrogen (secondary N) is 1. The lowest BCUT2D eigenvalue weighted by Gasteiger charge is -1.98. The first-order chi connectivity index (χ1) is 10.1. The van der Waals surface area contributed by atoms with Crippen LogP contribution in [0.4, 0.5) is 0 Å². The van der Waals surface area contributed by atoms with Gasteiger partial charge in [0.05, 0.1) is 5.75 Å². The van der Waals surface area contributed by atoms with Gasteiger partial charge in [-0.15, -0.1) is 11.3 Å². The smallest absolute Gasteiger partial charge is 0.253 e. The van der Waals surface area contributed by atoms with E-state index in [4.69, 9.17) is 0 Å². The Bertz CT molecular complexity index is 856. The van der Waals surface area contributed by atoms with E-state index in [2.05, 4.69) is 9.97 Å². The highest BCUT2D eigenvalue weighted by Crippen LogP contribution is 2.33. The number of hydrogen-bond donors (Lipinski definition) is 2. The number of hydrogen-bond acceptors (Lipinski definition) is 6. The molecule has 106 valence electrons. The lowest BCUT2D eigenvalue weighted by molar-refractivity contribution is 0.102. The van der Waals surface area contributed by atoms with Gasteiger partial charge in [0, 0.05) is 11.6 Å². The minimum Gasteiger partial charge on any atom is -0.506 e. The topological polar surface area (TPSA) is 83.0 Å². The van der Waals surface area contributed by atoms with Gasteiger partial charge >= 0.3 is 0 Å². The van der Waals surface area contributed by atoms with Gasteiger partial charge in [0.25, 0.3) is 5.56 Å². The number of aromatic hydroxyl groups is 1. The number of rotatable bonds is 4. The third-order valence-corrected chi connectivity index (χ3v) is 4.99. The molecule has 0 bridgehead atoms. The number of Topliss-reactive ketones (excluding diaryl/α,β-unsaturated/α-hetero) is 1. The van der Waals surface area contributed by atoms with Crippen LogP contribution in [0.2, 0.25) is 0 Å². The second kappa shape index (κ2) is 5.71. The van der Waals surface area contributed by atoms with Gasteiger partial charge in [0.15, 0.2) is 15.8 Å². The molecule has 0 unspecified atom stereocenters. The van der Waals surface area contributed by atoms with Crippen molar-refractivity contribution >= 4 is 39.2 Å². The van der Waals surface area contributed by atoms with Gasteiger partial charge in [-0.25, -0.2) is 4.98 Å². The molecule has 21 heavy (non-hydrogen) atoms. The van der Waals surface area contributed by atoms with Crippen molar-refractivity contribution in [3.8, 4) is 5.75 Å². The minimum atomic E-state index is -0.401. The van der Waals surface area contributed by atoms with E-state index >= 15 is 0 Å². The standard InChI is InChI=1S/C14H10N2O3S2/c17-9-6-11(19)15-13-12(9)21-14(16-13)20-7-10(18)8-4-2-1-3-5-8/h1-6H,7H2,(H2,15,17,19). The summed E-state index contributed by atoms with van der Waals surface area (Å²) in [5.74, 6) is 0.180. The zero-order valence-electron chi connectivity index (χ0n) is 10.7. The fourth-order valence-corrected chi connectivity index (χ4v) is 3.71. The molecular weight excluding hydrogens is 308 g/mol. The van der Waals surface area contributed by atoms with Crippen LogP contribution < -0.4 is 5.56 Å². The van der Waals surface area contributed by atoms with Crippen LogP contribution in [0.25, 0.3) is 10.3 Å². The summed E-state index contributed by atoms with van der Waals surface area (Å²) in [6.45, 7) is 0. The summed E-state index contributed by atoms with van der Waals surface area (Å²) in [4.78, 5) is 30.0. The summed E-state index contributed by atoms with van der Waals surface area (Å²) in [5, 5.41) is 9.70. The summed E-state index contributed by atoms with van der Waals surface area (Å²) in [5.41, 5.74) is 0.601. The largest absolute Gasteiger partial charge is 0.506 e. The van der Waals surface area contributed by atoms with Crippen molar-refractivity contribution in [3.05, 3.63) is 52.3 Å². The summed E-state index contributed by atoms with van der Waals surface area (Å²) in [6.07, 6.45) is 0. The Balaban J connectivity index is 1.78. The summed E-state index contributed by atoms with van der Waals surface area (Å²) in [7, 11) is 0. The highest BCUT2D eigenvalue weighted by atomic mass is 32.2. The van der Waals surface area contributed by atoms with Crippen LogP contribution in [-0.4, -0.2) is 26.6 Å². The van der Waals surface area contributed by atoms with Gasteiger partial charge in [-0.2, -0.15) is 0 Å². The summed E-state index contributed by atoms with van der Waals surface area (Å²) in [6, 6.07) is 10.1. The molecule has 0 radical (unpaired) electrons. The summed E-state index contributed by atoms with van der Waals surface area (Å²) >= 11 is 2.54. The highest BCUT2D eigenvalue weighted by molar-refractivity contribution is 8.01. The molecule has 3 aromatic rings. The molecule has 2 heterocycles. The SMILES string of the molecule is O=C(CSc1nc2[nH]c(=O)cc(O)c2s1)c1ccccc1. The average Bonchev–Trinajstić information content (AvgIpc) is 2.89. The molecule has 7 heteroatoms. The molecule has 0 aliphatic heterocycles. The highest BCUT2D eigenvalue weighted by Gasteiger charge is 2.12. The van der Waals surface area contributed by atoms with Crippen LogP contribution in [0.5, 0.6) is 5.75 Å². The molecule has 0 atom stereocenters. The molecule has 0 fully saturated rings. The Morgan fingerprint density at radius 3 is 2.86 bits per heavy atom. The van der Waals surface area contributed by atoms with Crippen LogP contribution in [-0.2, 0) is 0 Å². The van der Waals surface area contributed by atoms with Crippen LogP contribution >= 0.6 is 23.1 Å². The number of H-pyrrole nitrogens is 1. The van der Waals surface area contributed by atoms with E-state index < -0.39 is 5.56 Å². The van der Waals surface area contributed by atoms with E-state index in [0.29, 0.717) is 20.3 Å². The van der Waals surface area contributed by atoms with E-state index in [1.807, 2.05) is 18.2 Å². The maximum atomic E-state index is 12.0. The number of aromatic nitrogens is 2. The first-order valence-electron chi connectivity index (χ1n) is 6.07. The number of ketones is 1. The Morgan fingerprint density at radius 1 is 1.33 bits per heavy atom. The van der Waals surface area contributed by atoms with Gasteiger partial charge in [-0.05, 0) is 0 Å². The molecule has 0 amide bonds. The second-order valence-electron chi connectivity index (χ2n) is 4.25. The van der Waals surface area contributed by atoms with E-state index in [0.717, 1.165) is 6.07 Å². The lowest BCUT2D eigenvalue weighted by atomic mass is 10.2. The van der Waals surface area contributed by atoms with Gasteiger partial charge in [0.1, 0.15) is 10.4 Å². The molecule has 0 saturated carbocycles. The Kier molecular flexibility index (Phi) is 3.76. The van der Waals surface area contributed by atoms with Gasteiger partial charge in [0.2, 0.25) is 0 Å². The number of carbonyl (C=O) groups is 1. The Hall–Kier alpha value is -2.12. The molecule has 1 aromatic carbocycles. The zero-order valence-corrected chi connectivity index (χ0v) is 12.3. The monoisotopic (exact) mass is 318 g/mol. The molecule has 0 aliphatic rings. The number of nitrogens with zero attached hydrogens (tertiary/aromatic N) is 1. The van der Waals surface area contributed by atoms with Gasteiger partial charge < -0.3 is 10.1 Å². The first kappa shape index (κ1) is 13.8. The van der Waals surface area contributed by atoms with Crippen LogP contribution in [0.15, 0.2) is 45.5 Å². The van der Waals surface area contributed by atoms with E-state index in [-0.39, 0.29) is 17.3 Å². The van der Waals surface area contributed by atoms with Crippen molar-refractivity contribution in [1.82, 2.24) is 9.97 Å². The normalized spacial score (nSPS) is 10.9. The number of fused-ring (bicyclic) bond motifs is 1. The fraction of sp³-hybridized carbons (Fsp3) is 0.0714. The molecule has 3 rings (SSSR count). The van der Waals surface area contributed by atoms with Crippen molar-refractivity contribution in [1.29, 1.82) is 0 Å². The molecule has 2 aromatic heterocycles. The van der Waals surface area contributed by atoms with Crippen molar-refractivity contribution in [2.45, 2.75) is 4.34 Å². The molecule has 5 nitrogen and oxygen atoms in total. The Labute approximate surface area is 127 Å². The average molecular weight is 318 g/mol. The third-order valence-electron chi connectivity index (χ3n) is 2.77. The number of benzene rings is 1. The number of thiazole rings is 1. The van der Waals surface area contributed by atoms with Crippen molar-refractivity contribution in [2.24, 2.45) is 0 Å². The van der Waals surface area contributed by atoms with E-state index in [9.17, 15) is 14.7 Å². The predicted molar refractivity (Wildman–Crippen MR) is 83.4 cm³/mol. The molecule has 0 spiro atoms. The van der Waals surface area contributed by atoms with Crippen molar-refractivity contribution in [3.63, 3.8) is 0 Å². The lowest BCUT2D eigenvalue weighted by Crippen LogP contribution is -2.02. The van der Waals surface area contributed by atoms with E-state index in [1.54, 1.807) is 12.1 Å². The zero-order chi connectivity index (χ0) is 14.8. The molecule has 2 N–H and O–H groups in total. The first-order valence-corrected chi connectivity index (χ1v) is 7.87. The molecule has 0 aliphatic carbocycles. The number of thioether (sulfide) groups is 1. The number of aromatic amines is 1. The van der Waals surface area contributed by atoms with Crippen LogP contribution in [0.1, 0.15) is 10.4 Å². The number of pyridine rings is 1. The number of carbonyl (C=O) groups excluding carboxylic acids is 1.